The van der Waals surface area contributed by atoms with Gasteiger partial charge in [0, 0.05) is 38.2 Å². The van der Waals surface area contributed by atoms with Crippen molar-refractivity contribution in [3.63, 3.8) is 0 Å². The highest BCUT2D eigenvalue weighted by Crippen LogP contribution is 2.30. The van der Waals surface area contributed by atoms with Crippen molar-refractivity contribution < 1.29 is 9.00 Å². The molecular weight excluding hydrogens is 300 g/mol. The second-order valence-corrected chi connectivity index (χ2v) is 6.92. The van der Waals surface area contributed by atoms with Crippen LogP contribution in [0.5, 0.6) is 0 Å². The Morgan fingerprint density at radius 2 is 2.20 bits per heavy atom. The third-order valence-electron chi connectivity index (χ3n) is 3.63. The van der Waals surface area contributed by atoms with Gasteiger partial charge in [-0.15, -0.1) is 0 Å². The normalized spacial score (nSPS) is 25.7. The summed E-state index contributed by atoms with van der Waals surface area (Å²) in [5, 5.41) is 3.45. The van der Waals surface area contributed by atoms with Crippen molar-refractivity contribution in [3.05, 3.63) is 11.0 Å². The average molecular weight is 315 g/mol. The van der Waals surface area contributed by atoms with E-state index in [9.17, 15) is 9.00 Å². The molecular formula is C12H15ClN4O2S. The summed E-state index contributed by atoms with van der Waals surface area (Å²) < 4.78 is 12.0. The smallest absolute Gasteiger partial charge is 0.224 e. The average Bonchev–Trinajstić information content (AvgIpc) is 2.75. The first-order valence-corrected chi connectivity index (χ1v) is 8.19. The minimum absolute atomic E-state index is 0.102. The highest BCUT2D eigenvalue weighted by atomic mass is 35.5. The SMILES string of the molecule is CN1CC(Nc2nc(Cl)nc3c2S(=O)CC3)CCC1=O. The maximum atomic E-state index is 12.0. The van der Waals surface area contributed by atoms with Crippen LogP contribution in [-0.2, 0) is 22.0 Å². The molecule has 108 valence electrons. The van der Waals surface area contributed by atoms with E-state index in [2.05, 4.69) is 15.3 Å². The molecule has 1 saturated heterocycles. The van der Waals surface area contributed by atoms with Gasteiger partial charge in [-0.05, 0) is 18.0 Å². The summed E-state index contributed by atoms with van der Waals surface area (Å²) >= 11 is 5.92. The van der Waals surface area contributed by atoms with E-state index in [-0.39, 0.29) is 17.2 Å². The van der Waals surface area contributed by atoms with Gasteiger partial charge < -0.3 is 10.2 Å². The van der Waals surface area contributed by atoms with E-state index in [1.54, 1.807) is 11.9 Å². The Labute approximate surface area is 124 Å². The summed E-state index contributed by atoms with van der Waals surface area (Å²) in [7, 11) is 0.719. The van der Waals surface area contributed by atoms with Gasteiger partial charge in [-0.1, -0.05) is 0 Å². The van der Waals surface area contributed by atoms with Gasteiger partial charge in [0.2, 0.25) is 11.2 Å². The second-order valence-electron chi connectivity index (χ2n) is 5.07. The molecule has 0 saturated carbocycles. The van der Waals surface area contributed by atoms with Gasteiger partial charge >= 0.3 is 0 Å². The quantitative estimate of drug-likeness (QED) is 0.818. The standard InChI is InChI=1S/C12H15ClN4O2S/c1-17-6-7(2-3-9(17)18)14-11-10-8(4-5-20(10)19)15-12(13)16-11/h7H,2-6H2,1H3,(H,14,15,16). The van der Waals surface area contributed by atoms with Crippen LogP contribution in [0.4, 0.5) is 5.82 Å². The molecule has 2 aliphatic heterocycles. The number of aryl methyl sites for hydroxylation is 1. The number of rotatable bonds is 2. The predicted octanol–water partition coefficient (Wildman–Crippen LogP) is 0.826. The molecule has 0 bridgehead atoms. The number of likely N-dealkylation sites (N-methyl/N-ethyl adjacent to an activating group) is 1. The van der Waals surface area contributed by atoms with Gasteiger partial charge in [0.1, 0.15) is 10.7 Å². The number of hydrogen-bond donors (Lipinski definition) is 1. The zero-order chi connectivity index (χ0) is 14.3. The Balaban J connectivity index is 1.85. The zero-order valence-electron chi connectivity index (χ0n) is 11.1. The van der Waals surface area contributed by atoms with Crippen molar-refractivity contribution in [2.75, 3.05) is 24.7 Å². The molecule has 1 N–H and O–H groups in total. The minimum Gasteiger partial charge on any atom is -0.364 e. The number of piperidine rings is 1. The number of carbonyl (C=O) groups is 1. The van der Waals surface area contributed by atoms with Gasteiger partial charge in [-0.2, -0.15) is 4.98 Å². The zero-order valence-corrected chi connectivity index (χ0v) is 12.6. The van der Waals surface area contributed by atoms with E-state index >= 15 is 0 Å². The molecule has 1 fully saturated rings. The number of carbonyl (C=O) groups excluding carboxylic acids is 1. The molecule has 0 radical (unpaired) electrons. The minimum atomic E-state index is -1.06. The number of likely N-dealkylation sites (tertiary alicyclic amines) is 1. The van der Waals surface area contributed by atoms with E-state index in [1.165, 1.54) is 0 Å². The Morgan fingerprint density at radius 1 is 1.40 bits per heavy atom. The van der Waals surface area contributed by atoms with Crippen LogP contribution in [0, 0.1) is 0 Å². The molecule has 2 aliphatic rings. The Hall–Kier alpha value is -1.21. The topological polar surface area (TPSA) is 75.2 Å². The molecule has 2 unspecified atom stereocenters. The summed E-state index contributed by atoms with van der Waals surface area (Å²) in [4.78, 5) is 22.2. The molecule has 2 atom stereocenters. The first-order chi connectivity index (χ1) is 9.54. The number of amides is 1. The fraction of sp³-hybridized carbons (Fsp3) is 0.583. The van der Waals surface area contributed by atoms with Crippen molar-refractivity contribution in [3.8, 4) is 0 Å². The molecule has 20 heavy (non-hydrogen) atoms. The number of hydrogen-bond acceptors (Lipinski definition) is 5. The monoisotopic (exact) mass is 314 g/mol. The van der Waals surface area contributed by atoms with Crippen LogP contribution in [0.1, 0.15) is 18.5 Å². The van der Waals surface area contributed by atoms with Crippen LogP contribution in [0.3, 0.4) is 0 Å². The van der Waals surface area contributed by atoms with E-state index in [0.717, 1.165) is 12.1 Å². The third kappa shape index (κ3) is 2.52. The van der Waals surface area contributed by atoms with Crippen LogP contribution < -0.4 is 5.32 Å². The van der Waals surface area contributed by atoms with E-state index in [0.29, 0.717) is 35.9 Å². The molecule has 1 aromatic rings. The molecule has 3 heterocycles. The number of aromatic nitrogens is 2. The maximum absolute atomic E-state index is 12.0. The first kappa shape index (κ1) is 13.8. The Bertz CT molecular complexity index is 595. The summed E-state index contributed by atoms with van der Waals surface area (Å²) in [5.74, 6) is 1.28. The van der Waals surface area contributed by atoms with Gasteiger partial charge in [0.05, 0.1) is 16.5 Å². The summed E-state index contributed by atoms with van der Waals surface area (Å²) in [5.41, 5.74) is 0.770. The maximum Gasteiger partial charge on any atom is 0.224 e. The van der Waals surface area contributed by atoms with Crippen molar-refractivity contribution in [2.45, 2.75) is 30.2 Å². The Kier molecular flexibility index (Phi) is 3.64. The largest absolute Gasteiger partial charge is 0.364 e. The number of fused-ring (bicyclic) bond motifs is 1. The van der Waals surface area contributed by atoms with Crippen LogP contribution in [0.25, 0.3) is 0 Å². The number of nitrogens with one attached hydrogen (secondary N) is 1. The lowest BCUT2D eigenvalue weighted by molar-refractivity contribution is -0.132. The van der Waals surface area contributed by atoms with E-state index in [4.69, 9.17) is 11.6 Å². The molecule has 0 aromatic carbocycles. The van der Waals surface area contributed by atoms with Crippen LogP contribution in [0.15, 0.2) is 4.90 Å². The molecule has 1 aromatic heterocycles. The van der Waals surface area contributed by atoms with Crippen molar-refractivity contribution in [2.24, 2.45) is 0 Å². The van der Waals surface area contributed by atoms with Gasteiger partial charge in [-0.25, -0.2) is 4.98 Å². The molecule has 6 nitrogen and oxygen atoms in total. The van der Waals surface area contributed by atoms with E-state index in [1.807, 2.05) is 0 Å². The fourth-order valence-electron chi connectivity index (χ4n) is 2.59. The molecule has 0 spiro atoms. The van der Waals surface area contributed by atoms with Crippen molar-refractivity contribution in [1.82, 2.24) is 14.9 Å². The van der Waals surface area contributed by atoms with Crippen LogP contribution >= 0.6 is 11.6 Å². The molecule has 3 rings (SSSR count). The third-order valence-corrected chi connectivity index (χ3v) is 5.26. The molecule has 8 heteroatoms. The lowest BCUT2D eigenvalue weighted by Gasteiger charge is -2.30. The highest BCUT2D eigenvalue weighted by Gasteiger charge is 2.29. The van der Waals surface area contributed by atoms with Gasteiger partial charge in [0.25, 0.3) is 0 Å². The number of anilines is 1. The second kappa shape index (κ2) is 5.29. The lowest BCUT2D eigenvalue weighted by Crippen LogP contribution is -2.43. The summed E-state index contributed by atoms with van der Waals surface area (Å²) in [6, 6.07) is 0.102. The molecule has 1 amide bonds. The lowest BCUT2D eigenvalue weighted by atomic mass is 10.1. The molecule has 0 aliphatic carbocycles. The van der Waals surface area contributed by atoms with Crippen LogP contribution in [0.2, 0.25) is 5.28 Å². The van der Waals surface area contributed by atoms with Crippen LogP contribution in [-0.4, -0.2) is 50.4 Å². The van der Waals surface area contributed by atoms with E-state index < -0.39 is 10.8 Å². The summed E-state index contributed by atoms with van der Waals surface area (Å²) in [6.45, 7) is 0.613. The fourth-order valence-corrected chi connectivity index (χ4v) is 4.09. The predicted molar refractivity (Wildman–Crippen MR) is 76.3 cm³/mol. The Morgan fingerprint density at radius 3 is 2.95 bits per heavy atom. The summed E-state index contributed by atoms with van der Waals surface area (Å²) in [6.07, 6.45) is 1.92. The van der Waals surface area contributed by atoms with Gasteiger partial charge in [-0.3, -0.25) is 9.00 Å². The van der Waals surface area contributed by atoms with Crippen molar-refractivity contribution in [1.29, 1.82) is 0 Å². The van der Waals surface area contributed by atoms with Gasteiger partial charge in [0.15, 0.2) is 0 Å². The number of nitrogens with zero attached hydrogens (tertiary/aromatic N) is 3. The number of halogens is 1. The first-order valence-electron chi connectivity index (χ1n) is 6.50. The highest BCUT2D eigenvalue weighted by molar-refractivity contribution is 7.85. The van der Waals surface area contributed by atoms with Crippen molar-refractivity contribution >= 4 is 34.1 Å².